The van der Waals surface area contributed by atoms with E-state index in [2.05, 4.69) is 27.4 Å². The highest BCUT2D eigenvalue weighted by Crippen LogP contribution is 2.23. The number of rotatable bonds is 6. The molecule has 96 valence electrons. The summed E-state index contributed by atoms with van der Waals surface area (Å²) >= 11 is 0. The maximum Gasteiger partial charge on any atom is 0.238 e. The smallest absolute Gasteiger partial charge is 0.238 e. The fraction of sp³-hybridized carbons (Fsp3) is 0.385. The summed E-state index contributed by atoms with van der Waals surface area (Å²) in [5.41, 5.74) is 2.01. The van der Waals surface area contributed by atoms with Crippen molar-refractivity contribution in [3.8, 4) is 11.6 Å². The van der Waals surface area contributed by atoms with Crippen molar-refractivity contribution in [1.82, 2.24) is 20.5 Å². The van der Waals surface area contributed by atoms with Crippen LogP contribution in [0.4, 0.5) is 0 Å². The van der Waals surface area contributed by atoms with Crippen LogP contribution in [-0.2, 0) is 6.54 Å². The summed E-state index contributed by atoms with van der Waals surface area (Å²) in [6.07, 6.45) is 4.64. The van der Waals surface area contributed by atoms with Gasteiger partial charge in [-0.2, -0.15) is 0 Å². The molecule has 0 aliphatic carbocycles. The second kappa shape index (κ2) is 6.16. The van der Waals surface area contributed by atoms with E-state index in [1.807, 2.05) is 25.3 Å². The van der Waals surface area contributed by atoms with E-state index in [1.54, 1.807) is 6.20 Å². The summed E-state index contributed by atoms with van der Waals surface area (Å²) in [6, 6.07) is 3.72. The van der Waals surface area contributed by atoms with Gasteiger partial charge in [-0.1, -0.05) is 6.92 Å². The van der Waals surface area contributed by atoms with Crippen LogP contribution < -0.4 is 10.1 Å². The lowest BCUT2D eigenvalue weighted by molar-refractivity contribution is 0.452. The number of H-pyrrole nitrogens is 1. The molecule has 0 unspecified atom stereocenters. The molecule has 0 fully saturated rings. The first-order valence-electron chi connectivity index (χ1n) is 6.13. The molecule has 5 heteroatoms. The molecular weight excluding hydrogens is 228 g/mol. The van der Waals surface area contributed by atoms with Crippen LogP contribution >= 0.6 is 0 Å². The minimum Gasteiger partial charge on any atom is -0.437 e. The van der Waals surface area contributed by atoms with E-state index in [4.69, 9.17) is 4.74 Å². The van der Waals surface area contributed by atoms with Gasteiger partial charge in [-0.3, -0.25) is 10.1 Å². The van der Waals surface area contributed by atoms with Gasteiger partial charge < -0.3 is 10.1 Å². The molecule has 18 heavy (non-hydrogen) atoms. The predicted molar refractivity (Wildman–Crippen MR) is 69.6 cm³/mol. The molecular formula is C13H18N4O. The maximum absolute atomic E-state index is 5.74. The molecule has 2 aromatic rings. The molecule has 5 nitrogen and oxygen atoms in total. The van der Waals surface area contributed by atoms with Gasteiger partial charge >= 0.3 is 0 Å². The van der Waals surface area contributed by atoms with Crippen molar-refractivity contribution in [2.75, 3.05) is 6.54 Å². The zero-order chi connectivity index (χ0) is 12.8. The number of hydrogen-bond acceptors (Lipinski definition) is 4. The standard InChI is InChI=1S/C13H18N4O/c1-3-5-14-8-11-9-15-6-4-12(11)18-13-7-10(2)16-17-13/h4,6-7,9,14H,3,5,8H2,1-2H3,(H,16,17). The number of aryl methyl sites for hydroxylation is 1. The average molecular weight is 246 g/mol. The first-order chi connectivity index (χ1) is 8.79. The second-order valence-electron chi connectivity index (χ2n) is 4.15. The Labute approximate surface area is 107 Å². The fourth-order valence-electron chi connectivity index (χ4n) is 1.60. The van der Waals surface area contributed by atoms with Crippen LogP contribution in [0.5, 0.6) is 11.6 Å². The lowest BCUT2D eigenvalue weighted by atomic mass is 10.2. The lowest BCUT2D eigenvalue weighted by Gasteiger charge is -2.09. The molecule has 0 aliphatic rings. The highest BCUT2D eigenvalue weighted by Gasteiger charge is 2.06. The van der Waals surface area contributed by atoms with Gasteiger partial charge in [0, 0.05) is 36.3 Å². The van der Waals surface area contributed by atoms with E-state index >= 15 is 0 Å². The molecule has 2 heterocycles. The van der Waals surface area contributed by atoms with Crippen LogP contribution in [0.2, 0.25) is 0 Å². The van der Waals surface area contributed by atoms with Gasteiger partial charge in [0.15, 0.2) is 0 Å². The summed E-state index contributed by atoms with van der Waals surface area (Å²) in [7, 11) is 0. The van der Waals surface area contributed by atoms with E-state index in [9.17, 15) is 0 Å². The van der Waals surface area contributed by atoms with E-state index in [-0.39, 0.29) is 0 Å². The average Bonchev–Trinajstić information content (AvgIpc) is 2.77. The van der Waals surface area contributed by atoms with Gasteiger partial charge in [-0.25, -0.2) is 0 Å². The summed E-state index contributed by atoms with van der Waals surface area (Å²) in [5, 5.41) is 10.2. The molecule has 0 spiro atoms. The minimum absolute atomic E-state index is 0.579. The normalized spacial score (nSPS) is 10.6. The highest BCUT2D eigenvalue weighted by molar-refractivity contribution is 5.33. The monoisotopic (exact) mass is 246 g/mol. The Morgan fingerprint density at radius 2 is 2.33 bits per heavy atom. The number of hydrogen-bond donors (Lipinski definition) is 2. The van der Waals surface area contributed by atoms with Crippen LogP contribution in [-0.4, -0.2) is 21.7 Å². The molecule has 0 radical (unpaired) electrons. The largest absolute Gasteiger partial charge is 0.437 e. The predicted octanol–water partition coefficient (Wildman–Crippen LogP) is 2.41. The van der Waals surface area contributed by atoms with Crippen LogP contribution in [0, 0.1) is 6.92 Å². The lowest BCUT2D eigenvalue weighted by Crippen LogP contribution is -2.14. The third kappa shape index (κ3) is 3.30. The zero-order valence-corrected chi connectivity index (χ0v) is 10.7. The fourth-order valence-corrected chi connectivity index (χ4v) is 1.60. The van der Waals surface area contributed by atoms with Gasteiger partial charge in [0.05, 0.1) is 0 Å². The Bertz CT molecular complexity index is 495. The van der Waals surface area contributed by atoms with Crippen molar-refractivity contribution in [1.29, 1.82) is 0 Å². The third-order valence-electron chi connectivity index (χ3n) is 2.50. The van der Waals surface area contributed by atoms with Gasteiger partial charge in [0.2, 0.25) is 5.88 Å². The number of aromatic nitrogens is 3. The van der Waals surface area contributed by atoms with Gasteiger partial charge in [-0.05, 0) is 26.0 Å². The summed E-state index contributed by atoms with van der Waals surface area (Å²) in [6.45, 7) is 5.81. The van der Waals surface area contributed by atoms with Crippen LogP contribution in [0.1, 0.15) is 24.6 Å². The topological polar surface area (TPSA) is 62.8 Å². The first-order valence-corrected chi connectivity index (χ1v) is 6.13. The van der Waals surface area contributed by atoms with Crippen molar-refractivity contribution in [2.45, 2.75) is 26.8 Å². The Balaban J connectivity index is 2.07. The molecule has 0 amide bonds. The molecule has 0 saturated heterocycles. The van der Waals surface area contributed by atoms with Crippen molar-refractivity contribution in [3.63, 3.8) is 0 Å². The van der Waals surface area contributed by atoms with Crippen LogP contribution in [0.25, 0.3) is 0 Å². The zero-order valence-electron chi connectivity index (χ0n) is 10.7. The summed E-state index contributed by atoms with van der Waals surface area (Å²) in [4.78, 5) is 4.12. The molecule has 0 aliphatic heterocycles. The van der Waals surface area contributed by atoms with E-state index < -0.39 is 0 Å². The highest BCUT2D eigenvalue weighted by atomic mass is 16.5. The molecule has 0 bridgehead atoms. The van der Waals surface area contributed by atoms with Crippen molar-refractivity contribution >= 4 is 0 Å². The van der Waals surface area contributed by atoms with Crippen molar-refractivity contribution in [3.05, 3.63) is 35.8 Å². The van der Waals surface area contributed by atoms with Crippen LogP contribution in [0.15, 0.2) is 24.5 Å². The maximum atomic E-state index is 5.74. The van der Waals surface area contributed by atoms with Gasteiger partial charge in [0.25, 0.3) is 0 Å². The number of pyridine rings is 1. The van der Waals surface area contributed by atoms with E-state index in [0.717, 1.165) is 36.5 Å². The molecule has 0 saturated carbocycles. The second-order valence-corrected chi connectivity index (χ2v) is 4.15. The molecule has 2 N–H and O–H groups in total. The number of nitrogens with zero attached hydrogens (tertiary/aromatic N) is 2. The Morgan fingerprint density at radius 3 is 3.06 bits per heavy atom. The van der Waals surface area contributed by atoms with Crippen molar-refractivity contribution in [2.24, 2.45) is 0 Å². The quantitative estimate of drug-likeness (QED) is 0.768. The Kier molecular flexibility index (Phi) is 4.30. The number of aromatic amines is 1. The summed E-state index contributed by atoms with van der Waals surface area (Å²) < 4.78 is 5.74. The Hall–Kier alpha value is -1.88. The first kappa shape index (κ1) is 12.6. The molecule has 2 aromatic heterocycles. The van der Waals surface area contributed by atoms with E-state index in [0.29, 0.717) is 5.88 Å². The SMILES string of the molecule is CCCNCc1cnccc1Oc1cc(C)[nH]n1. The summed E-state index contributed by atoms with van der Waals surface area (Å²) in [5.74, 6) is 1.37. The minimum atomic E-state index is 0.579. The molecule has 2 rings (SSSR count). The van der Waals surface area contributed by atoms with Gasteiger partial charge in [-0.15, -0.1) is 5.10 Å². The molecule has 0 aromatic carbocycles. The third-order valence-corrected chi connectivity index (χ3v) is 2.50. The van der Waals surface area contributed by atoms with Crippen molar-refractivity contribution < 1.29 is 4.74 Å². The van der Waals surface area contributed by atoms with E-state index in [1.165, 1.54) is 0 Å². The van der Waals surface area contributed by atoms with Gasteiger partial charge in [0.1, 0.15) is 5.75 Å². The number of nitrogens with one attached hydrogen (secondary N) is 2. The molecule has 0 atom stereocenters. The van der Waals surface area contributed by atoms with Crippen LogP contribution in [0.3, 0.4) is 0 Å². The Morgan fingerprint density at radius 1 is 1.44 bits per heavy atom. The number of ether oxygens (including phenoxy) is 1.